The number of benzene rings is 2. The lowest BCUT2D eigenvalue weighted by Gasteiger charge is -2.21. The lowest BCUT2D eigenvalue weighted by atomic mass is 9.94. The zero-order valence-electron chi connectivity index (χ0n) is 14.7. The Labute approximate surface area is 151 Å². The van der Waals surface area contributed by atoms with Crippen LogP contribution in [0.1, 0.15) is 16.7 Å². The first-order valence-corrected chi connectivity index (χ1v) is 7.95. The van der Waals surface area contributed by atoms with Crippen molar-refractivity contribution in [1.29, 1.82) is 5.26 Å². The number of carbonyl (C=O) groups excluding carboxylic acids is 1. The SMILES string of the molecule is COC(=O)/C(C#N)=C1\C=C(c2ccc(OC)cc2)Oc2ccc(C)cc21. The molecule has 5 heteroatoms. The summed E-state index contributed by atoms with van der Waals surface area (Å²) >= 11 is 0. The van der Waals surface area contributed by atoms with E-state index in [1.165, 1.54) is 7.11 Å². The number of ether oxygens (including phenoxy) is 3. The van der Waals surface area contributed by atoms with Crippen LogP contribution in [0.5, 0.6) is 11.5 Å². The van der Waals surface area contributed by atoms with Crippen LogP contribution in [0.3, 0.4) is 0 Å². The molecule has 1 aliphatic rings. The number of carbonyl (C=O) groups is 1. The number of hydrogen-bond acceptors (Lipinski definition) is 5. The van der Waals surface area contributed by atoms with Crippen LogP contribution in [0.25, 0.3) is 11.3 Å². The van der Waals surface area contributed by atoms with E-state index in [2.05, 4.69) is 0 Å². The number of rotatable bonds is 3. The maximum atomic E-state index is 12.1. The molecule has 0 bridgehead atoms. The molecule has 130 valence electrons. The molecule has 0 unspecified atom stereocenters. The fourth-order valence-corrected chi connectivity index (χ4v) is 2.72. The van der Waals surface area contributed by atoms with Gasteiger partial charge in [-0.3, -0.25) is 0 Å². The van der Waals surface area contributed by atoms with Crippen molar-refractivity contribution in [2.24, 2.45) is 0 Å². The van der Waals surface area contributed by atoms with Crippen LogP contribution in [0.2, 0.25) is 0 Å². The molecule has 2 aromatic rings. The number of esters is 1. The standard InChI is InChI=1S/C21H17NO4/c1-13-4-9-19-17(10-13)16(18(12-22)21(23)25-3)11-20(26-19)14-5-7-15(24-2)8-6-14/h4-11H,1-3H3/b18-16+. The predicted octanol–water partition coefficient (Wildman–Crippen LogP) is 3.89. The van der Waals surface area contributed by atoms with Gasteiger partial charge in [0.2, 0.25) is 0 Å². The molecular formula is C21H17NO4. The van der Waals surface area contributed by atoms with Crippen LogP contribution >= 0.6 is 0 Å². The van der Waals surface area contributed by atoms with Crippen molar-refractivity contribution in [3.8, 4) is 17.6 Å². The van der Waals surface area contributed by atoms with Crippen LogP contribution in [0, 0.1) is 18.3 Å². The third kappa shape index (κ3) is 3.17. The highest BCUT2D eigenvalue weighted by atomic mass is 16.5. The van der Waals surface area contributed by atoms with Gasteiger partial charge in [-0.05, 0) is 49.4 Å². The third-order valence-electron chi connectivity index (χ3n) is 4.07. The van der Waals surface area contributed by atoms with Gasteiger partial charge in [-0.1, -0.05) is 11.6 Å². The van der Waals surface area contributed by atoms with Crippen LogP contribution in [0.4, 0.5) is 0 Å². The van der Waals surface area contributed by atoms with Gasteiger partial charge < -0.3 is 14.2 Å². The Hall–Kier alpha value is -3.52. The highest BCUT2D eigenvalue weighted by Gasteiger charge is 2.24. The Bertz CT molecular complexity index is 962. The molecule has 0 atom stereocenters. The normalized spacial score (nSPS) is 14.3. The molecule has 0 amide bonds. The largest absolute Gasteiger partial charge is 0.497 e. The summed E-state index contributed by atoms with van der Waals surface area (Å²) in [6, 6.07) is 14.9. The van der Waals surface area contributed by atoms with Gasteiger partial charge in [0.1, 0.15) is 28.9 Å². The second-order valence-corrected chi connectivity index (χ2v) is 5.73. The minimum Gasteiger partial charge on any atom is -0.497 e. The van der Waals surface area contributed by atoms with E-state index in [-0.39, 0.29) is 5.57 Å². The fourth-order valence-electron chi connectivity index (χ4n) is 2.72. The van der Waals surface area contributed by atoms with Crippen molar-refractivity contribution < 1.29 is 19.0 Å². The van der Waals surface area contributed by atoms with E-state index in [9.17, 15) is 10.1 Å². The zero-order chi connectivity index (χ0) is 18.7. The molecule has 0 aromatic heterocycles. The van der Waals surface area contributed by atoms with E-state index in [1.807, 2.05) is 55.5 Å². The molecule has 0 saturated carbocycles. The van der Waals surface area contributed by atoms with Crippen molar-refractivity contribution in [3.05, 3.63) is 70.8 Å². The zero-order valence-corrected chi connectivity index (χ0v) is 14.7. The van der Waals surface area contributed by atoms with Gasteiger partial charge in [0.05, 0.1) is 14.2 Å². The average Bonchev–Trinajstić information content (AvgIpc) is 2.68. The number of allylic oxidation sites excluding steroid dienone is 2. The van der Waals surface area contributed by atoms with Crippen molar-refractivity contribution in [2.45, 2.75) is 6.92 Å². The van der Waals surface area contributed by atoms with Crippen LogP contribution in [0.15, 0.2) is 54.1 Å². The first-order chi connectivity index (χ1) is 12.6. The van der Waals surface area contributed by atoms with Crippen LogP contribution < -0.4 is 9.47 Å². The Morgan fingerprint density at radius 2 is 1.85 bits per heavy atom. The molecule has 0 radical (unpaired) electrons. The molecule has 3 rings (SSSR count). The highest BCUT2D eigenvalue weighted by molar-refractivity contribution is 6.06. The molecule has 0 fully saturated rings. The van der Waals surface area contributed by atoms with E-state index in [1.54, 1.807) is 13.2 Å². The van der Waals surface area contributed by atoms with Gasteiger partial charge >= 0.3 is 5.97 Å². The number of hydrogen-bond donors (Lipinski definition) is 0. The Morgan fingerprint density at radius 3 is 2.46 bits per heavy atom. The molecule has 0 spiro atoms. The summed E-state index contributed by atoms with van der Waals surface area (Å²) in [4.78, 5) is 12.1. The molecule has 5 nitrogen and oxygen atoms in total. The van der Waals surface area contributed by atoms with Gasteiger partial charge in [-0.15, -0.1) is 0 Å². The summed E-state index contributed by atoms with van der Waals surface area (Å²) in [6.45, 7) is 1.94. The summed E-state index contributed by atoms with van der Waals surface area (Å²) in [5.41, 5.74) is 2.90. The van der Waals surface area contributed by atoms with Crippen molar-refractivity contribution >= 4 is 17.3 Å². The summed E-state index contributed by atoms with van der Waals surface area (Å²) < 4.78 is 16.0. The first kappa shape index (κ1) is 17.3. The van der Waals surface area contributed by atoms with Crippen molar-refractivity contribution in [3.63, 3.8) is 0 Å². The molecule has 0 N–H and O–H groups in total. The Kier molecular flexibility index (Phi) is 4.76. The van der Waals surface area contributed by atoms with Gasteiger partial charge in [-0.25, -0.2) is 4.79 Å². The maximum Gasteiger partial charge on any atom is 0.349 e. The van der Waals surface area contributed by atoms with Gasteiger partial charge in [-0.2, -0.15) is 5.26 Å². The van der Waals surface area contributed by atoms with E-state index in [0.717, 1.165) is 16.9 Å². The lowest BCUT2D eigenvalue weighted by molar-refractivity contribution is -0.135. The van der Waals surface area contributed by atoms with E-state index >= 15 is 0 Å². The predicted molar refractivity (Wildman–Crippen MR) is 97.3 cm³/mol. The summed E-state index contributed by atoms with van der Waals surface area (Å²) in [5, 5.41) is 9.50. The number of methoxy groups -OCH3 is 2. The number of fused-ring (bicyclic) bond motifs is 1. The molecule has 2 aromatic carbocycles. The lowest BCUT2D eigenvalue weighted by Crippen LogP contribution is -2.10. The van der Waals surface area contributed by atoms with E-state index in [4.69, 9.17) is 14.2 Å². The van der Waals surface area contributed by atoms with Gasteiger partial charge in [0.15, 0.2) is 0 Å². The first-order valence-electron chi connectivity index (χ1n) is 7.95. The van der Waals surface area contributed by atoms with E-state index < -0.39 is 5.97 Å². The number of nitrogens with zero attached hydrogens (tertiary/aromatic N) is 1. The minimum absolute atomic E-state index is 0.0614. The smallest absolute Gasteiger partial charge is 0.349 e. The third-order valence-corrected chi connectivity index (χ3v) is 4.07. The Balaban J connectivity index is 2.20. The second kappa shape index (κ2) is 7.16. The number of aryl methyl sites for hydroxylation is 1. The average molecular weight is 347 g/mol. The van der Waals surface area contributed by atoms with Gasteiger partial charge in [0, 0.05) is 16.7 Å². The van der Waals surface area contributed by atoms with Crippen molar-refractivity contribution in [2.75, 3.05) is 14.2 Å². The monoisotopic (exact) mass is 347 g/mol. The molecule has 26 heavy (non-hydrogen) atoms. The molecule has 0 saturated heterocycles. The van der Waals surface area contributed by atoms with E-state index in [0.29, 0.717) is 22.6 Å². The fraction of sp³-hybridized carbons (Fsp3) is 0.143. The quantitative estimate of drug-likeness (QED) is 0.479. The topological polar surface area (TPSA) is 68.6 Å². The van der Waals surface area contributed by atoms with Gasteiger partial charge in [0.25, 0.3) is 0 Å². The van der Waals surface area contributed by atoms with Crippen molar-refractivity contribution in [1.82, 2.24) is 0 Å². The Morgan fingerprint density at radius 1 is 1.12 bits per heavy atom. The molecule has 0 aliphatic carbocycles. The maximum absolute atomic E-state index is 12.1. The molecular weight excluding hydrogens is 330 g/mol. The molecule has 1 heterocycles. The summed E-state index contributed by atoms with van der Waals surface area (Å²) in [7, 11) is 2.85. The second-order valence-electron chi connectivity index (χ2n) is 5.73. The molecule has 1 aliphatic heterocycles. The highest BCUT2D eigenvalue weighted by Crippen LogP contribution is 2.39. The number of nitriles is 1. The van der Waals surface area contributed by atoms with Crippen LogP contribution in [-0.2, 0) is 9.53 Å². The minimum atomic E-state index is -0.679. The van der Waals surface area contributed by atoms with Crippen LogP contribution in [-0.4, -0.2) is 20.2 Å². The summed E-state index contributed by atoms with van der Waals surface area (Å²) in [5.74, 6) is 1.16. The summed E-state index contributed by atoms with van der Waals surface area (Å²) in [6.07, 6.45) is 1.69.